The van der Waals surface area contributed by atoms with Crippen LogP contribution in [0, 0.1) is 17.6 Å². The van der Waals surface area contributed by atoms with E-state index in [0.717, 1.165) is 25.7 Å². The van der Waals surface area contributed by atoms with Gasteiger partial charge in [-0.05, 0) is 42.4 Å². The van der Waals surface area contributed by atoms with E-state index in [1.54, 1.807) is 6.07 Å². The van der Waals surface area contributed by atoms with Crippen molar-refractivity contribution in [3.8, 4) is 22.6 Å². The highest BCUT2D eigenvalue weighted by atomic mass is 19.3. The lowest BCUT2D eigenvalue weighted by Gasteiger charge is -2.32. The number of ether oxygens (including phenoxy) is 2. The molecular weight excluding hydrogens is 360 g/mol. The van der Waals surface area contributed by atoms with Crippen LogP contribution in [-0.4, -0.2) is 7.11 Å². The molecule has 0 amide bonds. The molecule has 1 fully saturated rings. The number of fused-ring (bicyclic) bond motifs is 3. The number of rotatable bonds is 2. The number of benzene rings is 2. The molecular formula is C21H20F4O2. The fraction of sp³-hybridized carbons (Fsp3) is 0.429. The number of hydrogen-bond acceptors (Lipinski definition) is 2. The molecule has 0 N–H and O–H groups in total. The zero-order chi connectivity index (χ0) is 19.3. The Bertz CT molecular complexity index is 886. The highest BCUT2D eigenvalue weighted by molar-refractivity contribution is 5.78. The summed E-state index contributed by atoms with van der Waals surface area (Å²) in [5.41, 5.74) is -0.470. The first-order valence-corrected chi connectivity index (χ1v) is 9.10. The molecule has 2 nitrogen and oxygen atoms in total. The lowest BCUT2D eigenvalue weighted by atomic mass is 9.78. The van der Waals surface area contributed by atoms with Crippen LogP contribution in [0.4, 0.5) is 17.6 Å². The minimum absolute atomic E-state index is 0.0479. The first kappa shape index (κ1) is 18.1. The lowest BCUT2D eigenvalue weighted by Crippen LogP contribution is -2.29. The summed E-state index contributed by atoms with van der Waals surface area (Å²) in [7, 11) is 1.23. The maximum atomic E-state index is 15.2. The largest absolute Gasteiger partial charge is 0.494 e. The van der Waals surface area contributed by atoms with Crippen LogP contribution in [0.1, 0.15) is 49.7 Å². The molecule has 2 aromatic rings. The molecule has 0 radical (unpaired) electrons. The zero-order valence-corrected chi connectivity index (χ0v) is 15.1. The van der Waals surface area contributed by atoms with E-state index in [0.29, 0.717) is 11.5 Å². The Morgan fingerprint density at radius 3 is 2.30 bits per heavy atom. The SMILES string of the molecule is COc1ccc2c(c1F)OC(F)(F)c1c-2ccc(C2CCC(C)CC2)c1F. The summed E-state index contributed by atoms with van der Waals surface area (Å²) in [6.45, 7) is 2.14. The van der Waals surface area contributed by atoms with Crippen LogP contribution in [0.3, 0.4) is 0 Å². The van der Waals surface area contributed by atoms with Gasteiger partial charge in [-0.2, -0.15) is 13.2 Å². The Hall–Kier alpha value is -2.24. The maximum absolute atomic E-state index is 15.2. The van der Waals surface area contributed by atoms with Gasteiger partial charge in [-0.3, -0.25) is 0 Å². The highest BCUT2D eigenvalue weighted by Gasteiger charge is 2.47. The average Bonchev–Trinajstić information content (AvgIpc) is 2.63. The van der Waals surface area contributed by atoms with Crippen LogP contribution in [0.2, 0.25) is 0 Å². The van der Waals surface area contributed by atoms with Gasteiger partial charge in [-0.1, -0.05) is 31.9 Å². The third-order valence-electron chi connectivity index (χ3n) is 5.72. The second kappa shape index (κ2) is 6.43. The third-order valence-corrected chi connectivity index (χ3v) is 5.72. The fourth-order valence-corrected chi connectivity index (χ4v) is 4.17. The zero-order valence-electron chi connectivity index (χ0n) is 15.1. The normalized spacial score (nSPS) is 23.2. The molecule has 0 saturated heterocycles. The van der Waals surface area contributed by atoms with Crippen molar-refractivity contribution in [1.29, 1.82) is 0 Å². The lowest BCUT2D eigenvalue weighted by molar-refractivity contribution is -0.190. The number of methoxy groups -OCH3 is 1. The Morgan fingerprint density at radius 1 is 0.963 bits per heavy atom. The van der Waals surface area contributed by atoms with E-state index in [2.05, 4.69) is 11.7 Å². The highest BCUT2D eigenvalue weighted by Crippen LogP contribution is 2.51. The van der Waals surface area contributed by atoms with Gasteiger partial charge in [0.15, 0.2) is 11.5 Å². The molecule has 1 saturated carbocycles. The Labute approximate surface area is 155 Å². The van der Waals surface area contributed by atoms with E-state index in [-0.39, 0.29) is 22.8 Å². The summed E-state index contributed by atoms with van der Waals surface area (Å²) in [4.78, 5) is 0. The standard InChI is InChI=1S/C21H20F4O2/c1-11-3-5-12(6-4-11)13-7-8-14-15-9-10-16(26-2)19(23)20(15)27-21(24,25)17(14)18(13)22/h7-12H,3-6H2,1-2H3. The summed E-state index contributed by atoms with van der Waals surface area (Å²) >= 11 is 0. The first-order valence-electron chi connectivity index (χ1n) is 9.10. The summed E-state index contributed by atoms with van der Waals surface area (Å²) in [5, 5.41) is 0. The molecule has 0 atom stereocenters. The second-order valence-corrected chi connectivity index (χ2v) is 7.43. The van der Waals surface area contributed by atoms with Crippen molar-refractivity contribution < 1.29 is 27.0 Å². The quantitative estimate of drug-likeness (QED) is 0.563. The molecule has 144 valence electrons. The third kappa shape index (κ3) is 2.86. The van der Waals surface area contributed by atoms with E-state index in [1.165, 1.54) is 25.3 Å². The number of halogens is 4. The van der Waals surface area contributed by atoms with Crippen LogP contribution in [0.15, 0.2) is 24.3 Å². The minimum Gasteiger partial charge on any atom is -0.494 e. The predicted molar refractivity (Wildman–Crippen MR) is 93.2 cm³/mol. The van der Waals surface area contributed by atoms with Gasteiger partial charge in [0.2, 0.25) is 5.82 Å². The fourth-order valence-electron chi connectivity index (χ4n) is 4.17. The van der Waals surface area contributed by atoms with Crippen LogP contribution in [-0.2, 0) is 6.11 Å². The molecule has 27 heavy (non-hydrogen) atoms. The van der Waals surface area contributed by atoms with Crippen molar-refractivity contribution in [2.45, 2.75) is 44.6 Å². The van der Waals surface area contributed by atoms with E-state index < -0.39 is 29.1 Å². The van der Waals surface area contributed by atoms with Crippen molar-refractivity contribution in [3.05, 3.63) is 47.0 Å². The van der Waals surface area contributed by atoms with Gasteiger partial charge >= 0.3 is 6.11 Å². The Kier molecular flexibility index (Phi) is 4.32. The van der Waals surface area contributed by atoms with Gasteiger partial charge in [0.25, 0.3) is 0 Å². The van der Waals surface area contributed by atoms with Gasteiger partial charge in [-0.25, -0.2) is 4.39 Å². The van der Waals surface area contributed by atoms with Crippen molar-refractivity contribution in [2.24, 2.45) is 5.92 Å². The van der Waals surface area contributed by atoms with E-state index in [9.17, 15) is 13.2 Å². The van der Waals surface area contributed by atoms with Gasteiger partial charge in [0, 0.05) is 11.1 Å². The molecule has 0 spiro atoms. The molecule has 6 heteroatoms. The monoisotopic (exact) mass is 380 g/mol. The van der Waals surface area contributed by atoms with Crippen LogP contribution in [0.5, 0.6) is 11.5 Å². The summed E-state index contributed by atoms with van der Waals surface area (Å²) in [5.74, 6) is -2.32. The maximum Gasteiger partial charge on any atom is 0.430 e. The van der Waals surface area contributed by atoms with Crippen molar-refractivity contribution in [3.63, 3.8) is 0 Å². The van der Waals surface area contributed by atoms with Crippen LogP contribution < -0.4 is 9.47 Å². The molecule has 0 unspecified atom stereocenters. The molecule has 2 aliphatic rings. The minimum atomic E-state index is -3.96. The molecule has 2 aromatic carbocycles. The smallest absolute Gasteiger partial charge is 0.430 e. The van der Waals surface area contributed by atoms with Gasteiger partial charge in [-0.15, -0.1) is 0 Å². The van der Waals surface area contributed by atoms with Gasteiger partial charge in [0.05, 0.1) is 7.11 Å². The van der Waals surface area contributed by atoms with Gasteiger partial charge in [0.1, 0.15) is 11.4 Å². The van der Waals surface area contributed by atoms with E-state index in [4.69, 9.17) is 4.74 Å². The van der Waals surface area contributed by atoms with Gasteiger partial charge < -0.3 is 9.47 Å². The molecule has 1 aliphatic heterocycles. The second-order valence-electron chi connectivity index (χ2n) is 7.43. The Morgan fingerprint density at radius 2 is 1.63 bits per heavy atom. The molecule has 4 rings (SSSR count). The van der Waals surface area contributed by atoms with Crippen LogP contribution >= 0.6 is 0 Å². The van der Waals surface area contributed by atoms with Crippen molar-refractivity contribution in [1.82, 2.24) is 0 Å². The average molecular weight is 380 g/mol. The Balaban J connectivity index is 1.85. The van der Waals surface area contributed by atoms with Crippen molar-refractivity contribution >= 4 is 0 Å². The molecule has 1 aliphatic carbocycles. The molecule has 0 aromatic heterocycles. The van der Waals surface area contributed by atoms with E-state index >= 15 is 4.39 Å². The van der Waals surface area contributed by atoms with E-state index in [1.807, 2.05) is 0 Å². The molecule has 0 bridgehead atoms. The number of hydrogen-bond donors (Lipinski definition) is 0. The summed E-state index contributed by atoms with van der Waals surface area (Å²) in [6.07, 6.45) is -0.529. The summed E-state index contributed by atoms with van der Waals surface area (Å²) in [6, 6.07) is 5.74. The topological polar surface area (TPSA) is 18.5 Å². The van der Waals surface area contributed by atoms with Crippen LogP contribution in [0.25, 0.3) is 11.1 Å². The first-order chi connectivity index (χ1) is 12.8. The van der Waals surface area contributed by atoms with Crippen molar-refractivity contribution in [2.75, 3.05) is 7.11 Å². The summed E-state index contributed by atoms with van der Waals surface area (Å²) < 4.78 is 68.5. The molecule has 1 heterocycles. The predicted octanol–water partition coefficient (Wildman–Crippen LogP) is 6.38. The number of alkyl halides is 2.